The normalized spacial score (nSPS) is 10.8. The molecule has 0 aromatic carbocycles. The molecule has 0 spiro atoms. The number of nitrogens with zero attached hydrogens (tertiary/aromatic N) is 5. The van der Waals surface area contributed by atoms with Crippen molar-refractivity contribution in [2.75, 3.05) is 5.32 Å². The van der Waals surface area contributed by atoms with E-state index in [1.165, 1.54) is 23.7 Å². The van der Waals surface area contributed by atoms with Crippen LogP contribution in [-0.4, -0.2) is 30.8 Å². The highest BCUT2D eigenvalue weighted by atomic mass is 32.1. The van der Waals surface area contributed by atoms with Crippen LogP contribution in [-0.2, 0) is 0 Å². The van der Waals surface area contributed by atoms with Gasteiger partial charge in [-0.1, -0.05) is 11.2 Å². The molecule has 4 heterocycles. The van der Waals surface area contributed by atoms with Gasteiger partial charge in [-0.05, 0) is 31.4 Å². The molecule has 0 unspecified atom stereocenters. The van der Waals surface area contributed by atoms with E-state index < -0.39 is 0 Å². The van der Waals surface area contributed by atoms with Crippen molar-refractivity contribution >= 4 is 22.9 Å². The van der Waals surface area contributed by atoms with Gasteiger partial charge in [0.25, 0.3) is 11.9 Å². The second kappa shape index (κ2) is 6.52. The van der Waals surface area contributed by atoms with E-state index in [4.69, 9.17) is 4.52 Å². The minimum Gasteiger partial charge on any atom is -0.355 e. The largest absolute Gasteiger partial charge is 0.355 e. The number of hydrogen-bond acceptors (Lipinski definition) is 7. The maximum Gasteiger partial charge on any atom is 0.277 e. The van der Waals surface area contributed by atoms with Gasteiger partial charge in [-0.15, -0.1) is 11.3 Å². The van der Waals surface area contributed by atoms with Crippen molar-refractivity contribution in [1.82, 2.24) is 24.9 Å². The van der Waals surface area contributed by atoms with E-state index in [2.05, 4.69) is 25.5 Å². The lowest BCUT2D eigenvalue weighted by Gasteiger charge is -2.04. The number of aryl methyl sites for hydroxylation is 2. The number of anilines is 1. The molecule has 4 aromatic heterocycles. The van der Waals surface area contributed by atoms with Crippen molar-refractivity contribution in [1.29, 1.82) is 0 Å². The predicted molar refractivity (Wildman–Crippen MR) is 96.4 cm³/mol. The minimum atomic E-state index is -0.390. The number of nitrogens with one attached hydrogen (secondary N) is 1. The molecule has 0 saturated heterocycles. The summed E-state index contributed by atoms with van der Waals surface area (Å²) in [7, 11) is 0. The molecule has 0 fully saturated rings. The monoisotopic (exact) mass is 366 g/mol. The molecule has 0 saturated carbocycles. The summed E-state index contributed by atoms with van der Waals surface area (Å²) in [6, 6.07) is 7.35. The first-order chi connectivity index (χ1) is 12.6. The van der Waals surface area contributed by atoms with E-state index in [0.29, 0.717) is 17.4 Å². The molecule has 130 valence electrons. The van der Waals surface area contributed by atoms with Crippen molar-refractivity contribution in [3.8, 4) is 16.6 Å². The van der Waals surface area contributed by atoms with Gasteiger partial charge in [0, 0.05) is 11.8 Å². The van der Waals surface area contributed by atoms with Crippen LogP contribution in [0.15, 0.2) is 46.6 Å². The van der Waals surface area contributed by atoms with Gasteiger partial charge >= 0.3 is 0 Å². The van der Waals surface area contributed by atoms with E-state index in [1.807, 2.05) is 37.4 Å². The molecule has 4 rings (SSSR count). The Morgan fingerprint density at radius 2 is 2.04 bits per heavy atom. The first-order valence-electron chi connectivity index (χ1n) is 7.78. The van der Waals surface area contributed by atoms with Crippen LogP contribution >= 0.6 is 11.3 Å². The summed E-state index contributed by atoms with van der Waals surface area (Å²) in [5.41, 5.74) is 2.47. The predicted octanol–water partition coefficient (Wildman–Crippen LogP) is 3.25. The van der Waals surface area contributed by atoms with Crippen molar-refractivity contribution in [2.45, 2.75) is 13.8 Å². The Balaban J connectivity index is 1.49. The number of carbonyl (C=O) groups excluding carboxylic acids is 1. The average molecular weight is 366 g/mol. The first-order valence-corrected chi connectivity index (χ1v) is 8.66. The summed E-state index contributed by atoms with van der Waals surface area (Å²) in [5, 5.41) is 12.8. The first kappa shape index (κ1) is 16.2. The Bertz CT molecular complexity index is 1050. The smallest absolute Gasteiger partial charge is 0.277 e. The minimum absolute atomic E-state index is 0.191. The quantitative estimate of drug-likeness (QED) is 0.595. The topological polar surface area (TPSA) is 98.7 Å². The summed E-state index contributed by atoms with van der Waals surface area (Å²) < 4.78 is 6.86. The molecule has 0 bridgehead atoms. The Morgan fingerprint density at radius 3 is 2.69 bits per heavy atom. The molecular weight excluding hydrogens is 352 g/mol. The van der Waals surface area contributed by atoms with Crippen LogP contribution < -0.4 is 5.32 Å². The Morgan fingerprint density at radius 1 is 1.23 bits per heavy atom. The number of thiophene rings is 1. The van der Waals surface area contributed by atoms with E-state index in [9.17, 15) is 4.79 Å². The summed E-state index contributed by atoms with van der Waals surface area (Å²) in [6.45, 7) is 3.83. The van der Waals surface area contributed by atoms with Crippen molar-refractivity contribution < 1.29 is 9.32 Å². The number of aromatic nitrogens is 5. The maximum atomic E-state index is 12.3. The third-order valence-corrected chi connectivity index (χ3v) is 4.49. The van der Waals surface area contributed by atoms with Gasteiger partial charge in [0.1, 0.15) is 0 Å². The van der Waals surface area contributed by atoms with Crippen molar-refractivity contribution in [3.63, 3.8) is 0 Å². The highest BCUT2D eigenvalue weighted by Crippen LogP contribution is 2.25. The highest BCUT2D eigenvalue weighted by Gasteiger charge is 2.15. The lowest BCUT2D eigenvalue weighted by atomic mass is 10.3. The molecule has 0 aliphatic rings. The van der Waals surface area contributed by atoms with Gasteiger partial charge in [-0.3, -0.25) is 4.79 Å². The SMILES string of the molecule is Cc1cc(C)n(-c2ncc(NC(=O)c3cc(-c4cccs4)on3)cn2)n1. The molecule has 0 aliphatic carbocycles. The Labute approximate surface area is 152 Å². The van der Waals surface area contributed by atoms with Gasteiger partial charge in [0.15, 0.2) is 11.5 Å². The zero-order chi connectivity index (χ0) is 18.1. The van der Waals surface area contributed by atoms with Gasteiger partial charge in [0.2, 0.25) is 0 Å². The Hall–Kier alpha value is -3.33. The number of hydrogen-bond donors (Lipinski definition) is 1. The van der Waals surface area contributed by atoms with Gasteiger partial charge in [0.05, 0.1) is 28.7 Å². The standard InChI is InChI=1S/C17H14N6O2S/c1-10-6-11(2)23(21-10)17-18-8-12(9-19-17)20-16(24)13-7-14(25-22-13)15-4-3-5-26-15/h3-9H,1-2H3,(H,20,24). The number of carbonyl (C=O) groups is 1. The molecule has 26 heavy (non-hydrogen) atoms. The summed E-state index contributed by atoms with van der Waals surface area (Å²) in [5.74, 6) is 0.607. The molecule has 0 aliphatic heterocycles. The van der Waals surface area contributed by atoms with Crippen LogP contribution in [0.1, 0.15) is 21.9 Å². The number of amides is 1. The second-order valence-electron chi connectivity index (χ2n) is 5.62. The molecule has 1 amide bonds. The second-order valence-corrected chi connectivity index (χ2v) is 6.57. The third kappa shape index (κ3) is 3.11. The van der Waals surface area contributed by atoms with Crippen LogP contribution in [0.2, 0.25) is 0 Å². The zero-order valence-corrected chi connectivity index (χ0v) is 14.8. The summed E-state index contributed by atoms with van der Waals surface area (Å²) >= 11 is 1.51. The molecule has 9 heteroatoms. The number of rotatable bonds is 4. The zero-order valence-electron chi connectivity index (χ0n) is 14.0. The summed E-state index contributed by atoms with van der Waals surface area (Å²) in [4.78, 5) is 21.7. The fourth-order valence-electron chi connectivity index (χ4n) is 2.44. The lowest BCUT2D eigenvalue weighted by Crippen LogP contribution is -2.13. The maximum absolute atomic E-state index is 12.3. The van der Waals surface area contributed by atoms with Gasteiger partial charge < -0.3 is 9.84 Å². The highest BCUT2D eigenvalue weighted by molar-refractivity contribution is 7.13. The lowest BCUT2D eigenvalue weighted by molar-refractivity contribution is 0.101. The average Bonchev–Trinajstić information content (AvgIpc) is 3.35. The molecule has 1 N–H and O–H groups in total. The Kier molecular flexibility index (Phi) is 4.05. The molecule has 4 aromatic rings. The molecular formula is C17H14N6O2S. The summed E-state index contributed by atoms with van der Waals surface area (Å²) in [6.07, 6.45) is 3.05. The van der Waals surface area contributed by atoms with Gasteiger partial charge in [-0.2, -0.15) is 5.10 Å². The van der Waals surface area contributed by atoms with E-state index in [-0.39, 0.29) is 11.6 Å². The molecule has 8 nitrogen and oxygen atoms in total. The van der Waals surface area contributed by atoms with Crippen LogP contribution in [0.5, 0.6) is 0 Å². The molecule has 0 radical (unpaired) electrons. The fraction of sp³-hybridized carbons (Fsp3) is 0.118. The van der Waals surface area contributed by atoms with E-state index in [1.54, 1.807) is 10.7 Å². The van der Waals surface area contributed by atoms with Crippen molar-refractivity contribution in [3.05, 3.63) is 59.1 Å². The van der Waals surface area contributed by atoms with Crippen LogP contribution in [0.4, 0.5) is 5.69 Å². The fourth-order valence-corrected chi connectivity index (χ4v) is 3.11. The van der Waals surface area contributed by atoms with Crippen LogP contribution in [0.25, 0.3) is 16.6 Å². The van der Waals surface area contributed by atoms with E-state index in [0.717, 1.165) is 16.3 Å². The van der Waals surface area contributed by atoms with Gasteiger partial charge in [-0.25, -0.2) is 14.6 Å². The molecule has 0 atom stereocenters. The van der Waals surface area contributed by atoms with Crippen LogP contribution in [0.3, 0.4) is 0 Å². The van der Waals surface area contributed by atoms with Crippen molar-refractivity contribution in [2.24, 2.45) is 0 Å². The third-order valence-electron chi connectivity index (χ3n) is 3.60. The van der Waals surface area contributed by atoms with E-state index >= 15 is 0 Å². The van der Waals surface area contributed by atoms with Crippen LogP contribution in [0, 0.1) is 13.8 Å².